The molecular weight excluding hydrogens is 354 g/mol. The van der Waals surface area contributed by atoms with E-state index in [0.717, 1.165) is 24.0 Å². The van der Waals surface area contributed by atoms with E-state index in [1.54, 1.807) is 36.4 Å². The molecule has 1 aliphatic rings. The van der Waals surface area contributed by atoms with Gasteiger partial charge in [0.05, 0.1) is 23.5 Å². The van der Waals surface area contributed by atoms with Gasteiger partial charge in [0, 0.05) is 0 Å². The summed E-state index contributed by atoms with van der Waals surface area (Å²) < 4.78 is 5.28. The number of carbonyl (C=O) groups excluding carboxylic acids is 1. The molecule has 148 valence electrons. The van der Waals surface area contributed by atoms with Crippen LogP contribution in [-0.4, -0.2) is 11.1 Å². The normalized spacial score (nSPS) is 15.0. The van der Waals surface area contributed by atoms with Gasteiger partial charge in [-0.1, -0.05) is 37.5 Å². The van der Waals surface area contributed by atoms with E-state index in [1.165, 1.54) is 19.3 Å². The van der Waals surface area contributed by atoms with Gasteiger partial charge in [-0.15, -0.1) is 0 Å². The third-order valence-electron chi connectivity index (χ3n) is 5.14. The van der Waals surface area contributed by atoms with Gasteiger partial charge in [0.15, 0.2) is 11.5 Å². The van der Waals surface area contributed by atoms with Crippen LogP contribution in [0.15, 0.2) is 36.4 Å². The van der Waals surface area contributed by atoms with E-state index in [9.17, 15) is 9.90 Å². The van der Waals surface area contributed by atoms with Gasteiger partial charge in [-0.25, -0.2) is 0 Å². The maximum atomic E-state index is 12.1. The lowest BCUT2D eigenvalue weighted by atomic mass is 9.84. The summed E-state index contributed by atoms with van der Waals surface area (Å²) in [6.07, 6.45) is 9.43. The lowest BCUT2D eigenvalue weighted by Crippen LogP contribution is -2.07. The number of anilines is 3. The van der Waals surface area contributed by atoms with Crippen LogP contribution in [0.2, 0.25) is 0 Å². The smallest absolute Gasteiger partial charge is 0.315 e. The Kier molecular flexibility index (Phi) is 6.09. The lowest BCUT2D eigenvalue weighted by molar-refractivity contribution is -0.133. The summed E-state index contributed by atoms with van der Waals surface area (Å²) in [5.41, 5.74) is 20.3. The van der Waals surface area contributed by atoms with E-state index < -0.39 is 5.97 Å². The largest absolute Gasteiger partial charge is 0.504 e. The van der Waals surface area contributed by atoms with Crippen molar-refractivity contribution < 1.29 is 14.6 Å². The van der Waals surface area contributed by atoms with Crippen molar-refractivity contribution in [3.05, 3.63) is 47.5 Å². The molecule has 3 rings (SSSR count). The Bertz CT molecular complexity index is 864. The number of nitrogens with two attached hydrogens (primary N) is 3. The van der Waals surface area contributed by atoms with E-state index in [4.69, 9.17) is 21.9 Å². The van der Waals surface area contributed by atoms with Crippen molar-refractivity contribution in [3.63, 3.8) is 0 Å². The summed E-state index contributed by atoms with van der Waals surface area (Å²) in [6.45, 7) is 0. The number of rotatable bonds is 5. The van der Waals surface area contributed by atoms with Gasteiger partial charge in [-0.3, -0.25) is 4.79 Å². The zero-order chi connectivity index (χ0) is 20.1. The van der Waals surface area contributed by atoms with Crippen LogP contribution in [0.1, 0.15) is 55.6 Å². The first-order valence-electron chi connectivity index (χ1n) is 9.58. The maximum Gasteiger partial charge on any atom is 0.315 e. The number of phenolic OH excluding ortho intramolecular Hbond substituents is 1. The molecule has 0 aliphatic heterocycles. The first-order valence-corrected chi connectivity index (χ1v) is 9.58. The zero-order valence-corrected chi connectivity index (χ0v) is 15.9. The Morgan fingerprint density at radius 2 is 1.75 bits per heavy atom. The number of esters is 1. The molecule has 0 amide bonds. The third kappa shape index (κ3) is 4.76. The Hall–Kier alpha value is -3.15. The minimum absolute atomic E-state index is 0.000477. The number of nitrogen functional groups attached to an aromatic ring is 3. The highest BCUT2D eigenvalue weighted by Gasteiger charge is 2.17. The van der Waals surface area contributed by atoms with Crippen LogP contribution in [0.25, 0.3) is 6.08 Å². The van der Waals surface area contributed by atoms with Crippen LogP contribution >= 0.6 is 0 Å². The van der Waals surface area contributed by atoms with Gasteiger partial charge in [-0.05, 0) is 54.2 Å². The molecule has 2 aromatic carbocycles. The molecule has 2 aromatic rings. The second-order valence-electron chi connectivity index (χ2n) is 7.26. The van der Waals surface area contributed by atoms with Crippen molar-refractivity contribution in [2.75, 3.05) is 17.2 Å². The van der Waals surface area contributed by atoms with Gasteiger partial charge in [0.1, 0.15) is 0 Å². The van der Waals surface area contributed by atoms with Crippen LogP contribution in [0.5, 0.6) is 11.5 Å². The first-order chi connectivity index (χ1) is 13.4. The second-order valence-corrected chi connectivity index (χ2v) is 7.26. The van der Waals surface area contributed by atoms with E-state index >= 15 is 0 Å². The molecule has 0 heterocycles. The summed E-state index contributed by atoms with van der Waals surface area (Å²) in [5.74, 6) is 0.193. The van der Waals surface area contributed by atoms with Crippen LogP contribution in [-0.2, 0) is 4.79 Å². The van der Waals surface area contributed by atoms with Gasteiger partial charge < -0.3 is 27.0 Å². The standard InChI is InChI=1S/C22H27N3O3/c23-17-11-14(12-18(24)22(17)25)5-4-8-21(27)28-20-10-9-16(13-19(20)26)15-6-2-1-3-7-15/h4-5,9-13,15,26H,1-3,6-8,23-25H2/b5-4+. The van der Waals surface area contributed by atoms with Crippen LogP contribution < -0.4 is 21.9 Å². The van der Waals surface area contributed by atoms with Gasteiger partial charge >= 0.3 is 5.97 Å². The molecule has 0 radical (unpaired) electrons. The molecule has 0 atom stereocenters. The van der Waals surface area contributed by atoms with Crippen LogP contribution in [0, 0.1) is 0 Å². The third-order valence-corrected chi connectivity index (χ3v) is 5.14. The molecule has 0 unspecified atom stereocenters. The molecular formula is C22H27N3O3. The highest BCUT2D eigenvalue weighted by atomic mass is 16.5. The quantitative estimate of drug-likeness (QED) is 0.349. The fourth-order valence-electron chi connectivity index (χ4n) is 3.59. The fourth-order valence-corrected chi connectivity index (χ4v) is 3.59. The van der Waals surface area contributed by atoms with Crippen molar-refractivity contribution in [2.24, 2.45) is 0 Å². The van der Waals surface area contributed by atoms with Crippen molar-refractivity contribution in [1.29, 1.82) is 0 Å². The molecule has 0 bridgehead atoms. The molecule has 0 spiro atoms. The minimum atomic E-state index is -0.464. The number of ether oxygens (including phenoxy) is 1. The Balaban J connectivity index is 1.58. The molecule has 0 saturated heterocycles. The Morgan fingerprint density at radius 3 is 2.39 bits per heavy atom. The van der Waals surface area contributed by atoms with Crippen molar-refractivity contribution >= 4 is 29.1 Å². The Morgan fingerprint density at radius 1 is 1.07 bits per heavy atom. The zero-order valence-electron chi connectivity index (χ0n) is 15.9. The predicted octanol–water partition coefficient (Wildman–Crippen LogP) is 4.20. The van der Waals surface area contributed by atoms with Crippen molar-refractivity contribution in [3.8, 4) is 11.5 Å². The second kappa shape index (κ2) is 8.69. The van der Waals surface area contributed by atoms with Gasteiger partial charge in [0.25, 0.3) is 0 Å². The molecule has 7 N–H and O–H groups in total. The summed E-state index contributed by atoms with van der Waals surface area (Å²) in [7, 11) is 0. The van der Waals surface area contributed by atoms with E-state index in [-0.39, 0.29) is 17.9 Å². The highest BCUT2D eigenvalue weighted by Crippen LogP contribution is 2.37. The number of benzene rings is 2. The molecule has 1 aliphatic carbocycles. The van der Waals surface area contributed by atoms with E-state index in [2.05, 4.69) is 0 Å². The number of aromatic hydroxyl groups is 1. The monoisotopic (exact) mass is 381 g/mol. The van der Waals surface area contributed by atoms with E-state index in [1.807, 2.05) is 6.07 Å². The average molecular weight is 381 g/mol. The van der Waals surface area contributed by atoms with Crippen LogP contribution in [0.4, 0.5) is 17.1 Å². The molecule has 1 saturated carbocycles. The maximum absolute atomic E-state index is 12.1. The summed E-state index contributed by atoms with van der Waals surface area (Å²) in [5, 5.41) is 10.2. The summed E-state index contributed by atoms with van der Waals surface area (Å²) >= 11 is 0. The van der Waals surface area contributed by atoms with Crippen molar-refractivity contribution in [1.82, 2.24) is 0 Å². The number of phenols is 1. The molecule has 6 nitrogen and oxygen atoms in total. The SMILES string of the molecule is Nc1cc(/C=C/CC(=O)Oc2ccc(C3CCCCC3)cc2O)cc(N)c1N. The molecule has 0 aromatic heterocycles. The number of hydrogen-bond acceptors (Lipinski definition) is 6. The molecule has 6 heteroatoms. The highest BCUT2D eigenvalue weighted by molar-refractivity contribution is 5.81. The minimum Gasteiger partial charge on any atom is -0.504 e. The summed E-state index contributed by atoms with van der Waals surface area (Å²) in [6, 6.07) is 8.69. The lowest BCUT2D eigenvalue weighted by Gasteiger charge is -2.22. The first kappa shape index (κ1) is 19.6. The Labute approximate surface area is 165 Å². The van der Waals surface area contributed by atoms with Gasteiger partial charge in [0.2, 0.25) is 0 Å². The van der Waals surface area contributed by atoms with Crippen molar-refractivity contribution in [2.45, 2.75) is 44.4 Å². The van der Waals surface area contributed by atoms with Gasteiger partial charge in [-0.2, -0.15) is 0 Å². The summed E-state index contributed by atoms with van der Waals surface area (Å²) in [4.78, 5) is 12.1. The van der Waals surface area contributed by atoms with E-state index in [0.29, 0.717) is 23.0 Å². The number of hydrogen-bond donors (Lipinski definition) is 4. The number of carbonyl (C=O) groups is 1. The predicted molar refractivity (Wildman–Crippen MR) is 113 cm³/mol. The molecule has 28 heavy (non-hydrogen) atoms. The van der Waals surface area contributed by atoms with Crippen LogP contribution in [0.3, 0.4) is 0 Å². The molecule has 1 fully saturated rings. The topological polar surface area (TPSA) is 125 Å². The fraction of sp³-hybridized carbons (Fsp3) is 0.318. The average Bonchev–Trinajstić information content (AvgIpc) is 2.68.